The van der Waals surface area contributed by atoms with Gasteiger partial charge in [-0.1, -0.05) is 6.07 Å². The lowest BCUT2D eigenvalue weighted by atomic mass is 10.2. The first-order valence-corrected chi connectivity index (χ1v) is 5.62. The zero-order valence-electron chi connectivity index (χ0n) is 8.31. The van der Waals surface area contributed by atoms with E-state index >= 15 is 0 Å². The highest BCUT2D eigenvalue weighted by molar-refractivity contribution is 7.08. The Balaban J connectivity index is 1.97. The topological polar surface area (TPSA) is 42.0 Å². The number of carbonyl (C=O) groups is 1. The Kier molecular flexibility index (Phi) is 3.26. The van der Waals surface area contributed by atoms with Gasteiger partial charge in [0, 0.05) is 0 Å². The zero-order valence-corrected chi connectivity index (χ0v) is 9.13. The van der Waals surface area contributed by atoms with Crippen LogP contribution in [0.3, 0.4) is 0 Å². The largest absolute Gasteiger partial charge is 0.310 e. The van der Waals surface area contributed by atoms with Crippen LogP contribution < -0.4 is 5.32 Å². The summed E-state index contributed by atoms with van der Waals surface area (Å²) in [5, 5.41) is 6.34. The normalized spacial score (nSPS) is 10.1. The molecule has 0 atom stereocenters. The second kappa shape index (κ2) is 4.85. The Hall–Kier alpha value is -1.75. The summed E-state index contributed by atoms with van der Waals surface area (Å²) in [4.78, 5) is 15.1. The summed E-state index contributed by atoms with van der Waals surface area (Å²) in [6, 6.07) is 6.16. The van der Waals surface area contributed by atoms with E-state index in [1.165, 1.54) is 23.5 Å². The first-order valence-electron chi connectivity index (χ1n) is 4.67. The van der Waals surface area contributed by atoms with Gasteiger partial charge in [-0.25, -0.2) is 4.98 Å². The van der Waals surface area contributed by atoms with Gasteiger partial charge in [0.05, 0.1) is 6.42 Å². The number of hydrogen-bond donors (Lipinski definition) is 1. The summed E-state index contributed by atoms with van der Waals surface area (Å²) >= 11 is 1.53. The fourth-order valence-electron chi connectivity index (χ4n) is 1.24. The molecule has 0 aromatic carbocycles. The van der Waals surface area contributed by atoms with Crippen molar-refractivity contribution in [2.24, 2.45) is 0 Å². The number of nitrogens with one attached hydrogen (secondary N) is 1. The summed E-state index contributed by atoms with van der Waals surface area (Å²) in [5.41, 5.74) is 0.943. The third-order valence-corrected chi connectivity index (χ3v) is 2.66. The van der Waals surface area contributed by atoms with E-state index in [1.807, 2.05) is 16.8 Å². The van der Waals surface area contributed by atoms with Crippen molar-refractivity contribution < 1.29 is 9.18 Å². The Morgan fingerprint density at radius 3 is 3.00 bits per heavy atom. The number of thiophene rings is 1. The van der Waals surface area contributed by atoms with E-state index in [1.54, 1.807) is 6.07 Å². The average molecular weight is 236 g/mol. The quantitative estimate of drug-likeness (QED) is 0.832. The van der Waals surface area contributed by atoms with Crippen molar-refractivity contribution in [1.82, 2.24) is 4.98 Å². The van der Waals surface area contributed by atoms with Gasteiger partial charge in [0.2, 0.25) is 11.9 Å². The molecule has 82 valence electrons. The van der Waals surface area contributed by atoms with Crippen LogP contribution in [0.2, 0.25) is 0 Å². The third-order valence-electron chi connectivity index (χ3n) is 1.93. The van der Waals surface area contributed by atoms with Gasteiger partial charge >= 0.3 is 0 Å². The number of hydrogen-bond acceptors (Lipinski definition) is 3. The second-order valence-electron chi connectivity index (χ2n) is 3.20. The van der Waals surface area contributed by atoms with E-state index in [9.17, 15) is 9.18 Å². The van der Waals surface area contributed by atoms with Crippen LogP contribution in [-0.2, 0) is 11.2 Å². The Morgan fingerprint density at radius 1 is 1.44 bits per heavy atom. The molecule has 1 N–H and O–H groups in total. The third kappa shape index (κ3) is 2.87. The molecule has 0 aliphatic rings. The predicted octanol–water partition coefficient (Wildman–Crippen LogP) is 2.46. The Labute approximate surface area is 96.0 Å². The molecule has 0 fully saturated rings. The van der Waals surface area contributed by atoms with Crippen molar-refractivity contribution in [3.05, 3.63) is 46.5 Å². The van der Waals surface area contributed by atoms with E-state index in [0.717, 1.165) is 5.56 Å². The van der Waals surface area contributed by atoms with Gasteiger partial charge in [0.25, 0.3) is 0 Å². The minimum Gasteiger partial charge on any atom is -0.310 e. The van der Waals surface area contributed by atoms with E-state index in [0.29, 0.717) is 0 Å². The molecule has 0 bridgehead atoms. The van der Waals surface area contributed by atoms with E-state index in [2.05, 4.69) is 10.3 Å². The fraction of sp³-hybridized carbons (Fsp3) is 0.0909. The summed E-state index contributed by atoms with van der Waals surface area (Å²) < 4.78 is 12.7. The number of anilines is 1. The maximum atomic E-state index is 12.7. The van der Waals surface area contributed by atoms with Crippen molar-refractivity contribution in [3.8, 4) is 0 Å². The van der Waals surface area contributed by atoms with Crippen molar-refractivity contribution in [1.29, 1.82) is 0 Å². The molecule has 1 amide bonds. The molecule has 0 aliphatic heterocycles. The van der Waals surface area contributed by atoms with Gasteiger partial charge in [-0.3, -0.25) is 4.79 Å². The van der Waals surface area contributed by atoms with Crippen LogP contribution in [0.25, 0.3) is 0 Å². The predicted molar refractivity (Wildman–Crippen MR) is 60.8 cm³/mol. The van der Waals surface area contributed by atoms with Crippen molar-refractivity contribution >= 4 is 23.1 Å². The lowest BCUT2D eigenvalue weighted by Crippen LogP contribution is -2.15. The highest BCUT2D eigenvalue weighted by Gasteiger charge is 2.05. The first kappa shape index (κ1) is 10.8. The molecule has 0 unspecified atom stereocenters. The maximum Gasteiger partial charge on any atom is 0.229 e. The van der Waals surface area contributed by atoms with Gasteiger partial charge in [-0.15, -0.1) is 0 Å². The molecule has 2 rings (SSSR count). The van der Waals surface area contributed by atoms with Crippen LogP contribution in [0, 0.1) is 5.95 Å². The van der Waals surface area contributed by atoms with Gasteiger partial charge in [-0.05, 0) is 34.5 Å². The van der Waals surface area contributed by atoms with Crippen molar-refractivity contribution in [2.75, 3.05) is 5.32 Å². The summed E-state index contributed by atoms with van der Waals surface area (Å²) in [7, 11) is 0. The van der Waals surface area contributed by atoms with Crippen LogP contribution in [0.4, 0.5) is 10.2 Å². The van der Waals surface area contributed by atoms with Crippen molar-refractivity contribution in [3.63, 3.8) is 0 Å². The van der Waals surface area contributed by atoms with Crippen LogP contribution in [0.5, 0.6) is 0 Å². The Bertz CT molecular complexity index is 484. The van der Waals surface area contributed by atoms with E-state index in [-0.39, 0.29) is 18.1 Å². The monoisotopic (exact) mass is 236 g/mol. The molecule has 0 radical (unpaired) electrons. The highest BCUT2D eigenvalue weighted by Crippen LogP contribution is 2.08. The minimum atomic E-state index is -0.603. The van der Waals surface area contributed by atoms with Gasteiger partial charge in [0.1, 0.15) is 5.82 Å². The minimum absolute atomic E-state index is 0.198. The molecule has 16 heavy (non-hydrogen) atoms. The number of aromatic nitrogens is 1. The number of halogens is 1. The highest BCUT2D eigenvalue weighted by atomic mass is 32.1. The standard InChI is InChI=1S/C11H9FN2OS/c12-9-2-1-3-10(13-9)14-11(15)6-8-4-5-16-7-8/h1-5,7H,6H2,(H,13,14,15). The van der Waals surface area contributed by atoms with Gasteiger partial charge < -0.3 is 5.32 Å². The number of nitrogens with zero attached hydrogens (tertiary/aromatic N) is 1. The summed E-state index contributed by atoms with van der Waals surface area (Å²) in [6.07, 6.45) is 0.279. The molecule has 0 spiro atoms. The molecule has 2 aromatic heterocycles. The molecule has 5 heteroatoms. The zero-order chi connectivity index (χ0) is 11.4. The van der Waals surface area contributed by atoms with Crippen molar-refractivity contribution in [2.45, 2.75) is 6.42 Å². The second-order valence-corrected chi connectivity index (χ2v) is 3.98. The van der Waals surface area contributed by atoms with Crippen LogP contribution in [0.1, 0.15) is 5.56 Å². The van der Waals surface area contributed by atoms with Crippen LogP contribution in [0.15, 0.2) is 35.0 Å². The van der Waals surface area contributed by atoms with E-state index in [4.69, 9.17) is 0 Å². The number of pyridine rings is 1. The number of amides is 1. The molecular formula is C11H9FN2OS. The molecule has 2 aromatic rings. The van der Waals surface area contributed by atoms with Gasteiger partial charge in [-0.2, -0.15) is 15.7 Å². The van der Waals surface area contributed by atoms with Crippen LogP contribution in [-0.4, -0.2) is 10.9 Å². The molecule has 2 heterocycles. The first-order chi connectivity index (χ1) is 7.74. The SMILES string of the molecule is O=C(Cc1ccsc1)Nc1cccc(F)n1. The fourth-order valence-corrected chi connectivity index (χ4v) is 1.91. The molecular weight excluding hydrogens is 227 g/mol. The summed E-state index contributed by atoms with van der Waals surface area (Å²) in [5.74, 6) is -0.565. The number of carbonyl (C=O) groups excluding carboxylic acids is 1. The number of rotatable bonds is 3. The maximum absolute atomic E-state index is 12.7. The van der Waals surface area contributed by atoms with E-state index < -0.39 is 5.95 Å². The lowest BCUT2D eigenvalue weighted by molar-refractivity contribution is -0.115. The average Bonchev–Trinajstić information content (AvgIpc) is 2.70. The molecule has 3 nitrogen and oxygen atoms in total. The van der Waals surface area contributed by atoms with Gasteiger partial charge in [0.15, 0.2) is 0 Å². The Morgan fingerprint density at radius 2 is 2.31 bits per heavy atom. The summed E-state index contributed by atoms with van der Waals surface area (Å²) in [6.45, 7) is 0. The molecule has 0 saturated heterocycles. The molecule has 0 saturated carbocycles. The smallest absolute Gasteiger partial charge is 0.229 e. The van der Waals surface area contributed by atoms with Crippen LogP contribution >= 0.6 is 11.3 Å². The molecule has 0 aliphatic carbocycles. The lowest BCUT2D eigenvalue weighted by Gasteiger charge is -2.02.